The minimum atomic E-state index is -1.04. The quantitative estimate of drug-likeness (QED) is 0.401. The maximum absolute atomic E-state index is 14.2. The van der Waals surface area contributed by atoms with Crippen molar-refractivity contribution in [3.8, 4) is 11.3 Å². The number of hydrogen-bond acceptors (Lipinski definition) is 5. The lowest BCUT2D eigenvalue weighted by Crippen LogP contribution is -2.65. The van der Waals surface area contributed by atoms with Crippen molar-refractivity contribution >= 4 is 29.3 Å². The van der Waals surface area contributed by atoms with Gasteiger partial charge in [-0.15, -0.1) is 0 Å². The van der Waals surface area contributed by atoms with Crippen molar-refractivity contribution in [1.82, 2.24) is 14.9 Å². The van der Waals surface area contributed by atoms with Crippen molar-refractivity contribution in [2.45, 2.75) is 31.0 Å². The molecule has 3 atom stereocenters. The third kappa shape index (κ3) is 4.24. The van der Waals surface area contributed by atoms with Gasteiger partial charge in [0, 0.05) is 18.3 Å². The molecule has 3 aromatic carbocycles. The monoisotopic (exact) mass is 505 g/mol. The Balaban J connectivity index is 1.35. The molecule has 38 heavy (non-hydrogen) atoms. The van der Waals surface area contributed by atoms with Gasteiger partial charge >= 0.3 is 12.0 Å². The molecule has 0 spiro atoms. The number of carboxylic acid groups (broad SMARTS) is 1. The van der Waals surface area contributed by atoms with Crippen LogP contribution in [0.1, 0.15) is 12.8 Å². The van der Waals surface area contributed by atoms with Gasteiger partial charge in [-0.05, 0) is 43.2 Å². The first-order valence-corrected chi connectivity index (χ1v) is 12.7. The van der Waals surface area contributed by atoms with Crippen LogP contribution in [0.15, 0.2) is 103 Å². The normalized spacial score (nSPS) is 20.3. The van der Waals surface area contributed by atoms with Crippen molar-refractivity contribution < 1.29 is 14.7 Å². The second-order valence-corrected chi connectivity index (χ2v) is 9.54. The lowest BCUT2D eigenvalue weighted by atomic mass is 10.0. The van der Waals surface area contributed by atoms with Crippen LogP contribution in [-0.4, -0.2) is 56.6 Å². The van der Waals surface area contributed by atoms with E-state index in [-0.39, 0.29) is 18.6 Å². The number of hydrogen-bond donors (Lipinski definition) is 1. The molecule has 8 nitrogen and oxygen atoms in total. The van der Waals surface area contributed by atoms with Crippen LogP contribution in [0.2, 0.25) is 0 Å². The highest BCUT2D eigenvalue weighted by atomic mass is 16.4. The van der Waals surface area contributed by atoms with E-state index in [9.17, 15) is 14.7 Å². The van der Waals surface area contributed by atoms with Gasteiger partial charge in [-0.2, -0.15) is 0 Å². The maximum atomic E-state index is 14.2. The second kappa shape index (κ2) is 9.97. The molecule has 2 fully saturated rings. The van der Waals surface area contributed by atoms with Crippen molar-refractivity contribution in [2.24, 2.45) is 0 Å². The number of aromatic nitrogens is 2. The van der Waals surface area contributed by atoms with E-state index < -0.39 is 18.1 Å². The predicted octanol–water partition coefficient (Wildman–Crippen LogP) is 5.21. The molecule has 2 bridgehead atoms. The fourth-order valence-electron chi connectivity index (χ4n) is 5.65. The Bertz CT molecular complexity index is 1390. The average Bonchev–Trinajstić information content (AvgIpc) is 3.27. The molecule has 2 amide bonds. The smallest absolute Gasteiger partial charge is 0.329 e. The van der Waals surface area contributed by atoms with E-state index in [1.165, 1.54) is 4.90 Å². The fraction of sp³-hybridized carbons (Fsp3) is 0.200. The third-order valence-electron chi connectivity index (χ3n) is 7.32. The van der Waals surface area contributed by atoms with E-state index >= 15 is 0 Å². The van der Waals surface area contributed by atoms with E-state index in [0.717, 1.165) is 17.7 Å². The zero-order valence-corrected chi connectivity index (χ0v) is 20.7. The van der Waals surface area contributed by atoms with Crippen LogP contribution in [0.25, 0.3) is 11.3 Å². The number of carboxylic acids is 1. The Kier molecular flexibility index (Phi) is 6.21. The van der Waals surface area contributed by atoms with E-state index in [1.54, 1.807) is 11.1 Å². The van der Waals surface area contributed by atoms with Gasteiger partial charge in [0.2, 0.25) is 5.95 Å². The minimum absolute atomic E-state index is 0.0843. The molecular weight excluding hydrogens is 478 g/mol. The molecular formula is C30H27N5O3. The van der Waals surface area contributed by atoms with Crippen molar-refractivity contribution in [3.63, 3.8) is 0 Å². The molecule has 1 aromatic heterocycles. The Hall–Kier alpha value is -4.72. The summed E-state index contributed by atoms with van der Waals surface area (Å²) in [6.07, 6.45) is 3.11. The summed E-state index contributed by atoms with van der Waals surface area (Å²) >= 11 is 0. The van der Waals surface area contributed by atoms with Gasteiger partial charge in [0.1, 0.15) is 0 Å². The number of likely N-dealkylation sites (tertiary alicyclic amines) is 1. The Morgan fingerprint density at radius 2 is 1.42 bits per heavy atom. The van der Waals surface area contributed by atoms with Gasteiger partial charge < -0.3 is 14.9 Å². The lowest BCUT2D eigenvalue weighted by Gasteiger charge is -2.46. The molecule has 190 valence electrons. The molecule has 6 rings (SSSR count). The number of fused-ring (bicyclic) bond motifs is 2. The van der Waals surface area contributed by atoms with Gasteiger partial charge in [-0.25, -0.2) is 19.6 Å². The molecule has 0 aliphatic carbocycles. The third-order valence-corrected chi connectivity index (χ3v) is 7.32. The van der Waals surface area contributed by atoms with E-state index in [4.69, 9.17) is 4.98 Å². The molecule has 3 heterocycles. The number of benzene rings is 3. The second-order valence-electron chi connectivity index (χ2n) is 9.54. The van der Waals surface area contributed by atoms with E-state index in [0.29, 0.717) is 23.7 Å². The summed E-state index contributed by atoms with van der Waals surface area (Å²) in [4.78, 5) is 41.4. The summed E-state index contributed by atoms with van der Waals surface area (Å²) in [5, 5.41) is 10.4. The van der Waals surface area contributed by atoms with Crippen molar-refractivity contribution in [2.75, 3.05) is 16.3 Å². The summed E-state index contributed by atoms with van der Waals surface area (Å²) in [6, 6.07) is 28.4. The van der Waals surface area contributed by atoms with Crippen LogP contribution >= 0.6 is 0 Å². The van der Waals surface area contributed by atoms with Gasteiger partial charge in [-0.3, -0.25) is 4.90 Å². The van der Waals surface area contributed by atoms with Crippen LogP contribution in [0.5, 0.6) is 0 Å². The highest BCUT2D eigenvalue weighted by molar-refractivity contribution is 6.01. The molecule has 2 saturated heterocycles. The number of aliphatic carboxylic acids is 1. The molecule has 1 N–H and O–H groups in total. The number of urea groups is 1. The van der Waals surface area contributed by atoms with Crippen molar-refractivity contribution in [3.05, 3.63) is 103 Å². The highest BCUT2D eigenvalue weighted by Crippen LogP contribution is 2.39. The Labute approximate surface area is 220 Å². The molecule has 0 saturated carbocycles. The fourth-order valence-corrected chi connectivity index (χ4v) is 5.65. The van der Waals surface area contributed by atoms with Crippen LogP contribution in [-0.2, 0) is 4.79 Å². The lowest BCUT2D eigenvalue weighted by molar-refractivity contribution is -0.143. The molecule has 2 aliphatic rings. The molecule has 0 radical (unpaired) electrons. The topological polar surface area (TPSA) is 89.9 Å². The predicted molar refractivity (Wildman–Crippen MR) is 145 cm³/mol. The van der Waals surface area contributed by atoms with Gasteiger partial charge in [0.05, 0.1) is 29.2 Å². The zero-order chi connectivity index (χ0) is 26.1. The number of anilines is 3. The number of carbonyl (C=O) groups excluding carboxylic acids is 1. The van der Waals surface area contributed by atoms with Gasteiger partial charge in [0.25, 0.3) is 0 Å². The van der Waals surface area contributed by atoms with Gasteiger partial charge in [-0.1, -0.05) is 66.7 Å². The SMILES string of the molecule is O=C(O)[C@@H]1[C@H]2CC[C@@H](CN1C(=O)N(c1ccccc1)c1ccccc1)N2c1nccc(-c2ccccc2)n1. The summed E-state index contributed by atoms with van der Waals surface area (Å²) in [6.45, 7) is 0.265. The minimum Gasteiger partial charge on any atom is -0.480 e. The summed E-state index contributed by atoms with van der Waals surface area (Å²) in [5.41, 5.74) is 3.11. The van der Waals surface area contributed by atoms with E-state index in [2.05, 4.69) is 4.98 Å². The Morgan fingerprint density at radius 3 is 2.03 bits per heavy atom. The van der Waals surface area contributed by atoms with Crippen LogP contribution in [0, 0.1) is 0 Å². The number of rotatable bonds is 5. The zero-order valence-electron chi connectivity index (χ0n) is 20.7. The first-order valence-electron chi connectivity index (χ1n) is 12.7. The van der Waals surface area contributed by atoms with Crippen LogP contribution in [0.3, 0.4) is 0 Å². The number of nitrogens with zero attached hydrogens (tertiary/aromatic N) is 5. The van der Waals surface area contributed by atoms with Crippen LogP contribution < -0.4 is 9.80 Å². The molecule has 8 heteroatoms. The largest absolute Gasteiger partial charge is 0.480 e. The first kappa shape index (κ1) is 23.7. The van der Waals surface area contributed by atoms with Gasteiger partial charge in [0.15, 0.2) is 6.04 Å². The molecule has 4 aromatic rings. The summed E-state index contributed by atoms with van der Waals surface area (Å²) in [7, 11) is 0. The molecule has 2 aliphatic heterocycles. The number of carbonyl (C=O) groups is 2. The van der Waals surface area contributed by atoms with Crippen molar-refractivity contribution in [1.29, 1.82) is 0 Å². The number of amides is 2. The Morgan fingerprint density at radius 1 is 0.816 bits per heavy atom. The first-order chi connectivity index (χ1) is 18.6. The highest BCUT2D eigenvalue weighted by Gasteiger charge is 2.52. The number of piperazine rings is 1. The summed E-state index contributed by atoms with van der Waals surface area (Å²) in [5.74, 6) is -0.533. The number of para-hydroxylation sites is 2. The van der Waals surface area contributed by atoms with E-state index in [1.807, 2.05) is 102 Å². The average molecular weight is 506 g/mol. The molecule has 0 unspecified atom stereocenters. The van der Waals surface area contributed by atoms with Crippen LogP contribution in [0.4, 0.5) is 22.1 Å². The maximum Gasteiger partial charge on any atom is 0.329 e. The standard InChI is InChI=1S/C30H27N5O3/c36-28(37)27-26-17-16-24(35(26)29-31-19-18-25(32-29)21-10-4-1-5-11-21)20-33(27)30(38)34(22-12-6-2-7-13-22)23-14-8-3-9-15-23/h1-15,18-19,24,26-27H,16-17,20H2,(H,36,37)/t24-,26+,27-/m0/s1. The summed E-state index contributed by atoms with van der Waals surface area (Å²) < 4.78 is 0.